The Morgan fingerprint density at radius 2 is 1.90 bits per heavy atom. The molecule has 2 aromatic carbocycles. The van der Waals surface area contributed by atoms with Gasteiger partial charge in [0.2, 0.25) is 5.91 Å². The molecule has 0 radical (unpaired) electrons. The van der Waals surface area contributed by atoms with Gasteiger partial charge in [-0.25, -0.2) is 0 Å². The molecule has 6 nitrogen and oxygen atoms in total. The first-order valence-corrected chi connectivity index (χ1v) is 12.6. The van der Waals surface area contributed by atoms with Gasteiger partial charge in [0.05, 0.1) is 12.5 Å². The van der Waals surface area contributed by atoms with Crippen LogP contribution in [0.5, 0.6) is 0 Å². The lowest BCUT2D eigenvalue weighted by atomic mass is 9.73. The molecule has 2 aliphatic rings. The molecule has 5 rings (SSSR count). The number of carbonyl (C=O) groups is 1. The zero-order chi connectivity index (χ0) is 21.6. The van der Waals surface area contributed by atoms with Gasteiger partial charge in [0.1, 0.15) is 16.7 Å². The number of nitrogens with zero attached hydrogens (tertiary/aromatic N) is 1. The zero-order valence-electron chi connectivity index (χ0n) is 17.6. The summed E-state index contributed by atoms with van der Waals surface area (Å²) in [5.41, 5.74) is 4.32. The van der Waals surface area contributed by atoms with Crippen molar-refractivity contribution in [2.24, 2.45) is 0 Å². The van der Waals surface area contributed by atoms with Crippen LogP contribution < -0.4 is 4.72 Å². The van der Waals surface area contributed by atoms with Gasteiger partial charge in [-0.05, 0) is 42.0 Å². The number of sulfonamides is 1. The number of hydrogen-bond acceptors (Lipinski definition) is 3. The molecule has 1 amide bonds. The fraction of sp³-hybridized carbons (Fsp3) is 0.375. The second-order valence-electron chi connectivity index (χ2n) is 8.93. The Labute approximate surface area is 183 Å². The average molecular weight is 438 g/mol. The van der Waals surface area contributed by atoms with E-state index in [1.54, 1.807) is 0 Å². The quantitative estimate of drug-likeness (QED) is 0.613. The predicted octanol–water partition coefficient (Wildman–Crippen LogP) is 3.48. The fourth-order valence-corrected chi connectivity index (χ4v) is 6.20. The van der Waals surface area contributed by atoms with Gasteiger partial charge in [0, 0.05) is 35.6 Å². The first-order valence-electron chi connectivity index (χ1n) is 10.7. The number of aromatic nitrogens is 1. The predicted molar refractivity (Wildman–Crippen MR) is 121 cm³/mol. The van der Waals surface area contributed by atoms with Crippen molar-refractivity contribution >= 4 is 27.2 Å². The van der Waals surface area contributed by atoms with Crippen LogP contribution in [0.1, 0.15) is 42.0 Å². The van der Waals surface area contributed by atoms with Crippen molar-refractivity contribution in [3.05, 3.63) is 71.4 Å². The molecule has 3 aromatic rings. The molecule has 0 bridgehead atoms. The van der Waals surface area contributed by atoms with Gasteiger partial charge in [-0.1, -0.05) is 46.7 Å². The van der Waals surface area contributed by atoms with Crippen LogP contribution in [-0.4, -0.2) is 39.7 Å². The van der Waals surface area contributed by atoms with Gasteiger partial charge in [-0.2, -0.15) is 0 Å². The standard InChI is InChI=1S/C24H27N3O3S/c1-31(29,30)26-22-15-24(20-8-4-2-7-19(20)22)10-12-27(13-11-24)23(28)14-17-16-25-21-9-5-3-6-18(17)21/h2-9,16,22,25H,10-15H2,1H3,(H-,26,29,30). The summed E-state index contributed by atoms with van der Waals surface area (Å²) in [5, 5.41) is 1.10. The number of benzene rings is 2. The van der Waals surface area contributed by atoms with Crippen molar-refractivity contribution in [1.29, 1.82) is 0 Å². The lowest BCUT2D eigenvalue weighted by molar-refractivity contribution is -0.132. The molecular weight excluding hydrogens is 410 g/mol. The maximum atomic E-state index is 13.0. The lowest BCUT2D eigenvalue weighted by Gasteiger charge is -2.40. The van der Waals surface area contributed by atoms with E-state index in [2.05, 4.69) is 15.8 Å². The summed E-state index contributed by atoms with van der Waals surface area (Å²) >= 11 is 0. The van der Waals surface area contributed by atoms with Crippen molar-refractivity contribution in [1.82, 2.24) is 14.6 Å². The number of para-hydroxylation sites is 1. The van der Waals surface area contributed by atoms with Gasteiger partial charge in [0.15, 0.2) is 0 Å². The van der Waals surface area contributed by atoms with Gasteiger partial charge in [0.25, 0.3) is 0 Å². The Balaban J connectivity index is 1.30. The highest BCUT2D eigenvalue weighted by molar-refractivity contribution is 7.95. The molecule has 0 saturated carbocycles. The van der Waals surface area contributed by atoms with E-state index >= 15 is 0 Å². The second-order valence-corrected chi connectivity index (χ2v) is 10.7. The molecular formula is C24H27N3O3S. The summed E-state index contributed by atoms with van der Waals surface area (Å²) in [6, 6.07) is 16.0. The highest BCUT2D eigenvalue weighted by Crippen LogP contribution is 2.51. The number of piperidine rings is 1. The summed E-state index contributed by atoms with van der Waals surface area (Å²) in [6.45, 7) is 1.39. The van der Waals surface area contributed by atoms with E-state index in [1.807, 2.05) is 53.6 Å². The van der Waals surface area contributed by atoms with Crippen LogP contribution in [0.25, 0.3) is 10.9 Å². The van der Waals surface area contributed by atoms with E-state index in [4.69, 9.17) is 0 Å². The summed E-state index contributed by atoms with van der Waals surface area (Å²) in [5.74, 6) is 0.150. The minimum Gasteiger partial charge on any atom is -0.598 e. The molecule has 162 valence electrons. The summed E-state index contributed by atoms with van der Waals surface area (Å²) in [7, 11) is -3.29. The first kappa shape index (κ1) is 20.4. The summed E-state index contributed by atoms with van der Waals surface area (Å²) in [4.78, 5) is 18.2. The molecule has 31 heavy (non-hydrogen) atoms. The Morgan fingerprint density at radius 3 is 2.68 bits per heavy atom. The number of hydrogen-bond donors (Lipinski definition) is 2. The maximum Gasteiger partial charge on any atom is 0.227 e. The number of carbonyl (C=O) groups excluding carboxylic acids is 1. The Bertz CT molecular complexity index is 1170. The van der Waals surface area contributed by atoms with E-state index in [-0.39, 0.29) is 17.4 Å². The smallest absolute Gasteiger partial charge is 0.227 e. The molecule has 1 spiro atoms. The van der Waals surface area contributed by atoms with Gasteiger partial charge in [-0.15, -0.1) is 4.72 Å². The highest BCUT2D eigenvalue weighted by Gasteiger charge is 2.47. The van der Waals surface area contributed by atoms with E-state index < -0.39 is 10.4 Å². The minimum absolute atomic E-state index is 0.0729. The number of rotatable bonds is 4. The van der Waals surface area contributed by atoms with E-state index in [0.717, 1.165) is 41.3 Å². The van der Waals surface area contributed by atoms with Gasteiger partial charge >= 0.3 is 0 Å². The summed E-state index contributed by atoms with van der Waals surface area (Å²) in [6.07, 6.45) is 6.00. The maximum absolute atomic E-state index is 13.0. The molecule has 1 fully saturated rings. The largest absolute Gasteiger partial charge is 0.598 e. The fourth-order valence-electron chi connectivity index (χ4n) is 5.47. The number of nitrogens with one attached hydrogen (secondary N) is 2. The SMILES string of the molecule is C[S+](=O)([O-])NC1CC2(CCN(C(=O)Cc3c[nH]c4ccccc34)CC2)c2ccccc21. The molecule has 2 N–H and O–H groups in total. The normalized spacial score (nSPS) is 21.9. The van der Waals surface area contributed by atoms with Crippen LogP contribution >= 0.6 is 0 Å². The average Bonchev–Trinajstić information content (AvgIpc) is 3.28. The highest BCUT2D eigenvalue weighted by atomic mass is 32.3. The number of fused-ring (bicyclic) bond motifs is 3. The third-order valence-electron chi connectivity index (χ3n) is 6.95. The van der Waals surface area contributed by atoms with Crippen LogP contribution in [0.3, 0.4) is 0 Å². The molecule has 2 atom stereocenters. The van der Waals surface area contributed by atoms with E-state index in [0.29, 0.717) is 19.5 Å². The van der Waals surface area contributed by atoms with Crippen LogP contribution in [-0.2, 0) is 31.2 Å². The van der Waals surface area contributed by atoms with Crippen LogP contribution in [0.4, 0.5) is 0 Å². The molecule has 1 aliphatic carbocycles. The number of H-pyrrole nitrogens is 1. The zero-order valence-corrected chi connectivity index (χ0v) is 18.4. The second kappa shape index (κ2) is 7.58. The summed E-state index contributed by atoms with van der Waals surface area (Å²) < 4.78 is 26.6. The van der Waals surface area contributed by atoms with Crippen LogP contribution in [0, 0.1) is 0 Å². The Kier molecular flexibility index (Phi) is 5.00. The van der Waals surface area contributed by atoms with Crippen molar-refractivity contribution in [2.75, 3.05) is 19.3 Å². The van der Waals surface area contributed by atoms with Crippen LogP contribution in [0.15, 0.2) is 54.7 Å². The van der Waals surface area contributed by atoms with Crippen molar-refractivity contribution in [2.45, 2.75) is 37.1 Å². The molecule has 2 heterocycles. The molecule has 1 aromatic heterocycles. The molecule has 2 unspecified atom stereocenters. The molecule has 1 aliphatic heterocycles. The third kappa shape index (κ3) is 3.82. The topological polar surface area (TPSA) is 88.3 Å². The Hall–Kier alpha value is -2.48. The number of aromatic amines is 1. The minimum atomic E-state index is -3.29. The first-order chi connectivity index (χ1) is 14.8. The molecule has 1 saturated heterocycles. The van der Waals surface area contributed by atoms with Crippen molar-refractivity contribution in [3.8, 4) is 0 Å². The van der Waals surface area contributed by atoms with E-state index in [1.165, 1.54) is 11.8 Å². The monoisotopic (exact) mass is 437 g/mol. The van der Waals surface area contributed by atoms with Crippen molar-refractivity contribution in [3.63, 3.8) is 0 Å². The number of amides is 1. The number of likely N-dealkylation sites (tertiary alicyclic amines) is 1. The van der Waals surface area contributed by atoms with Crippen LogP contribution in [0.2, 0.25) is 0 Å². The third-order valence-corrected chi connectivity index (χ3v) is 7.66. The molecule has 7 heteroatoms. The Morgan fingerprint density at radius 1 is 1.19 bits per heavy atom. The van der Waals surface area contributed by atoms with Crippen molar-refractivity contribution < 1.29 is 13.6 Å². The van der Waals surface area contributed by atoms with Gasteiger partial charge < -0.3 is 14.4 Å². The van der Waals surface area contributed by atoms with E-state index in [9.17, 15) is 13.6 Å². The van der Waals surface area contributed by atoms with Gasteiger partial charge in [-0.3, -0.25) is 4.79 Å². The lowest BCUT2D eigenvalue weighted by Crippen LogP contribution is -2.45.